The van der Waals surface area contributed by atoms with Crippen molar-refractivity contribution in [3.8, 4) is 5.75 Å². The molecule has 0 spiro atoms. The Morgan fingerprint density at radius 1 is 1.38 bits per heavy atom. The molecule has 0 saturated heterocycles. The van der Waals surface area contributed by atoms with Crippen molar-refractivity contribution in [1.82, 2.24) is 0 Å². The zero-order valence-electron chi connectivity index (χ0n) is 8.94. The van der Waals surface area contributed by atoms with Crippen LogP contribution in [0.1, 0.15) is 10.4 Å². The van der Waals surface area contributed by atoms with E-state index >= 15 is 0 Å². The van der Waals surface area contributed by atoms with Crippen molar-refractivity contribution in [2.24, 2.45) is 0 Å². The number of hydrogen-bond acceptors (Lipinski definition) is 4. The summed E-state index contributed by atoms with van der Waals surface area (Å²) in [5, 5.41) is 0. The predicted molar refractivity (Wildman–Crippen MR) is 62.9 cm³/mol. The zero-order chi connectivity index (χ0) is 11.8. The number of methoxy groups -OCH3 is 1. The molecule has 0 saturated carbocycles. The highest BCUT2D eigenvalue weighted by Crippen LogP contribution is 2.25. The summed E-state index contributed by atoms with van der Waals surface area (Å²) in [6.45, 7) is 1.18. The molecule has 0 amide bonds. The molecule has 1 rings (SSSR count). The lowest BCUT2D eigenvalue weighted by Crippen LogP contribution is -2.08. The Morgan fingerprint density at radius 2 is 2.19 bits per heavy atom. The number of carbonyl (C=O) groups excluding carboxylic acids is 1. The highest BCUT2D eigenvalue weighted by atomic mass is 79.9. The second-order valence-corrected chi connectivity index (χ2v) is 3.83. The first kappa shape index (κ1) is 13.2. The lowest BCUT2D eigenvalue weighted by molar-refractivity contribution is -0.00879. The quantitative estimate of drug-likeness (QED) is 0.439. The monoisotopic (exact) mass is 288 g/mol. The van der Waals surface area contributed by atoms with Gasteiger partial charge in [-0.15, -0.1) is 0 Å². The van der Waals surface area contributed by atoms with Gasteiger partial charge in [0, 0.05) is 12.7 Å². The van der Waals surface area contributed by atoms with Gasteiger partial charge >= 0.3 is 0 Å². The van der Waals surface area contributed by atoms with E-state index in [1.807, 2.05) is 0 Å². The lowest BCUT2D eigenvalue weighted by atomic mass is 10.2. The van der Waals surface area contributed by atoms with Gasteiger partial charge in [-0.3, -0.25) is 4.79 Å². The summed E-state index contributed by atoms with van der Waals surface area (Å²) in [7, 11) is 1.61. The summed E-state index contributed by atoms with van der Waals surface area (Å²) in [5.41, 5.74) is 0.597. The predicted octanol–water partition coefficient (Wildman–Crippen LogP) is 2.26. The highest BCUT2D eigenvalue weighted by Gasteiger charge is 2.01. The molecule has 1 aromatic rings. The van der Waals surface area contributed by atoms with Gasteiger partial charge in [-0.25, -0.2) is 0 Å². The molecule has 0 aliphatic rings. The van der Waals surface area contributed by atoms with Crippen LogP contribution < -0.4 is 4.74 Å². The molecule has 1 aromatic carbocycles. The van der Waals surface area contributed by atoms with E-state index in [-0.39, 0.29) is 6.79 Å². The summed E-state index contributed by atoms with van der Waals surface area (Å²) < 4.78 is 16.0. The summed E-state index contributed by atoms with van der Waals surface area (Å²) in [4.78, 5) is 10.5. The topological polar surface area (TPSA) is 44.8 Å². The van der Waals surface area contributed by atoms with Crippen molar-refractivity contribution in [1.29, 1.82) is 0 Å². The summed E-state index contributed by atoms with van der Waals surface area (Å²) >= 11 is 3.31. The first-order valence-corrected chi connectivity index (χ1v) is 5.51. The fourth-order valence-corrected chi connectivity index (χ4v) is 1.52. The lowest BCUT2D eigenvalue weighted by Gasteiger charge is -2.08. The number of rotatable bonds is 7. The van der Waals surface area contributed by atoms with Gasteiger partial charge in [0.1, 0.15) is 12.0 Å². The number of benzene rings is 1. The summed E-state index contributed by atoms with van der Waals surface area (Å²) in [5.74, 6) is 0.642. The number of carbonyl (C=O) groups is 1. The van der Waals surface area contributed by atoms with Crippen molar-refractivity contribution in [3.05, 3.63) is 28.2 Å². The van der Waals surface area contributed by atoms with Crippen LogP contribution in [0.5, 0.6) is 5.75 Å². The van der Waals surface area contributed by atoms with E-state index in [1.165, 1.54) is 0 Å². The Bertz CT molecular complexity index is 341. The summed E-state index contributed by atoms with van der Waals surface area (Å²) in [6.07, 6.45) is 0.781. The molecule has 0 bridgehead atoms. The maximum absolute atomic E-state index is 10.5. The molecule has 0 fully saturated rings. The molecule has 0 heterocycles. The fraction of sp³-hybridized carbons (Fsp3) is 0.364. The van der Waals surface area contributed by atoms with E-state index in [4.69, 9.17) is 14.2 Å². The van der Waals surface area contributed by atoms with Gasteiger partial charge < -0.3 is 14.2 Å². The third kappa shape index (κ3) is 4.30. The molecule has 4 nitrogen and oxygen atoms in total. The van der Waals surface area contributed by atoms with Gasteiger partial charge in [0.15, 0.2) is 6.79 Å². The maximum atomic E-state index is 10.5. The van der Waals surface area contributed by atoms with Crippen molar-refractivity contribution >= 4 is 22.2 Å². The number of ether oxygens (including phenoxy) is 3. The molecular formula is C11H13BrO4. The Hall–Kier alpha value is -0.910. The Kier molecular flexibility index (Phi) is 6.07. The molecule has 0 atom stereocenters. The first-order chi connectivity index (χ1) is 7.77. The molecular weight excluding hydrogens is 276 g/mol. The smallest absolute Gasteiger partial charge is 0.189 e. The first-order valence-electron chi connectivity index (χ1n) is 4.72. The van der Waals surface area contributed by atoms with Crippen LogP contribution >= 0.6 is 15.9 Å². The minimum atomic E-state index is 0.155. The maximum Gasteiger partial charge on any atom is 0.189 e. The van der Waals surface area contributed by atoms with Crippen LogP contribution in [0, 0.1) is 0 Å². The van der Waals surface area contributed by atoms with Crippen LogP contribution in [0.25, 0.3) is 0 Å². The van der Waals surface area contributed by atoms with Crippen LogP contribution in [0.15, 0.2) is 22.7 Å². The van der Waals surface area contributed by atoms with E-state index in [2.05, 4.69) is 15.9 Å². The standard InChI is InChI=1S/C11H13BrO4/c1-14-4-5-15-8-16-11-3-2-9(7-13)6-10(11)12/h2-3,6-7H,4-5,8H2,1H3. The van der Waals surface area contributed by atoms with Crippen LogP contribution in [0.2, 0.25) is 0 Å². The van der Waals surface area contributed by atoms with E-state index < -0.39 is 0 Å². The molecule has 0 unspecified atom stereocenters. The fourth-order valence-electron chi connectivity index (χ4n) is 1.01. The average molecular weight is 289 g/mol. The highest BCUT2D eigenvalue weighted by molar-refractivity contribution is 9.10. The second kappa shape index (κ2) is 7.38. The van der Waals surface area contributed by atoms with Crippen LogP contribution in [-0.2, 0) is 9.47 Å². The molecule has 0 radical (unpaired) electrons. The third-order valence-electron chi connectivity index (χ3n) is 1.82. The second-order valence-electron chi connectivity index (χ2n) is 2.97. The Labute approximate surface area is 103 Å². The van der Waals surface area contributed by atoms with E-state index in [0.29, 0.717) is 24.5 Å². The van der Waals surface area contributed by atoms with Crippen molar-refractivity contribution in [3.63, 3.8) is 0 Å². The largest absolute Gasteiger partial charge is 0.466 e. The van der Waals surface area contributed by atoms with E-state index in [0.717, 1.165) is 10.8 Å². The normalized spacial score (nSPS) is 10.1. The number of aldehydes is 1. The van der Waals surface area contributed by atoms with Crippen LogP contribution in [-0.4, -0.2) is 33.4 Å². The zero-order valence-corrected chi connectivity index (χ0v) is 10.5. The summed E-state index contributed by atoms with van der Waals surface area (Å²) in [6, 6.07) is 5.09. The Balaban J connectivity index is 2.39. The van der Waals surface area contributed by atoms with Crippen LogP contribution in [0.4, 0.5) is 0 Å². The molecule has 0 N–H and O–H groups in total. The van der Waals surface area contributed by atoms with E-state index in [1.54, 1.807) is 25.3 Å². The SMILES string of the molecule is COCCOCOc1ccc(C=O)cc1Br. The Morgan fingerprint density at radius 3 is 2.81 bits per heavy atom. The minimum Gasteiger partial charge on any atom is -0.466 e. The van der Waals surface area contributed by atoms with Gasteiger partial charge in [0.05, 0.1) is 17.7 Å². The molecule has 0 aliphatic carbocycles. The molecule has 0 aliphatic heterocycles. The third-order valence-corrected chi connectivity index (χ3v) is 2.44. The van der Waals surface area contributed by atoms with Gasteiger partial charge in [-0.1, -0.05) is 0 Å². The van der Waals surface area contributed by atoms with Crippen LogP contribution in [0.3, 0.4) is 0 Å². The van der Waals surface area contributed by atoms with Crippen molar-refractivity contribution in [2.75, 3.05) is 27.1 Å². The van der Waals surface area contributed by atoms with Crippen molar-refractivity contribution in [2.45, 2.75) is 0 Å². The molecule has 88 valence electrons. The minimum absolute atomic E-state index is 0.155. The molecule has 5 heteroatoms. The number of hydrogen-bond donors (Lipinski definition) is 0. The molecule has 0 aromatic heterocycles. The average Bonchev–Trinajstić information content (AvgIpc) is 2.30. The van der Waals surface area contributed by atoms with Gasteiger partial charge in [0.25, 0.3) is 0 Å². The van der Waals surface area contributed by atoms with Gasteiger partial charge in [-0.05, 0) is 34.1 Å². The number of halogens is 1. The van der Waals surface area contributed by atoms with Gasteiger partial charge in [0.2, 0.25) is 0 Å². The van der Waals surface area contributed by atoms with Crippen molar-refractivity contribution < 1.29 is 19.0 Å². The van der Waals surface area contributed by atoms with E-state index in [9.17, 15) is 4.79 Å². The van der Waals surface area contributed by atoms with Gasteiger partial charge in [-0.2, -0.15) is 0 Å². The molecule has 16 heavy (non-hydrogen) atoms.